The maximum atomic E-state index is 11.9. The minimum atomic E-state index is -0.457. The molecule has 1 heterocycles. The maximum absolute atomic E-state index is 11.9. The van der Waals surface area contributed by atoms with Crippen LogP contribution in [0.4, 0.5) is 4.79 Å². The van der Waals surface area contributed by atoms with Gasteiger partial charge in [0.2, 0.25) is 0 Å². The molecule has 0 spiro atoms. The van der Waals surface area contributed by atoms with Crippen molar-refractivity contribution in [2.75, 3.05) is 27.2 Å². The summed E-state index contributed by atoms with van der Waals surface area (Å²) < 4.78 is 5.33. The van der Waals surface area contributed by atoms with Crippen LogP contribution in [-0.2, 0) is 4.74 Å². The Morgan fingerprint density at radius 2 is 1.92 bits per heavy atom. The van der Waals surface area contributed by atoms with Crippen molar-refractivity contribution in [3.05, 3.63) is 24.4 Å². The lowest BCUT2D eigenvalue weighted by Gasteiger charge is -2.43. The van der Waals surface area contributed by atoms with E-state index in [1.807, 2.05) is 32.9 Å². The Hall–Kier alpha value is -1.53. The number of hydrogen-bond donors (Lipinski definition) is 1. The Morgan fingerprint density at radius 3 is 2.38 bits per heavy atom. The van der Waals surface area contributed by atoms with Gasteiger partial charge in [-0.1, -0.05) is 19.6 Å². The van der Waals surface area contributed by atoms with Crippen molar-refractivity contribution in [2.24, 2.45) is 0 Å². The van der Waals surface area contributed by atoms with Crippen LogP contribution in [0.25, 0.3) is 0 Å². The van der Waals surface area contributed by atoms with E-state index < -0.39 is 5.60 Å². The van der Waals surface area contributed by atoms with Crippen LogP contribution >= 0.6 is 0 Å². The lowest BCUT2D eigenvalue weighted by Crippen LogP contribution is -2.54. The van der Waals surface area contributed by atoms with Crippen LogP contribution in [0.1, 0.15) is 47.0 Å². The molecule has 0 atom stereocenters. The summed E-state index contributed by atoms with van der Waals surface area (Å²) >= 11 is 0. The molecule has 0 saturated carbocycles. The molecule has 6 heteroatoms. The first kappa shape index (κ1) is 20.5. The zero-order valence-corrected chi connectivity index (χ0v) is 16.1. The number of alkyl carbamates (subject to hydrolysis) is 1. The molecule has 0 aromatic carbocycles. The van der Waals surface area contributed by atoms with Crippen molar-refractivity contribution in [3.63, 3.8) is 0 Å². The van der Waals surface area contributed by atoms with E-state index in [1.54, 1.807) is 0 Å². The smallest absolute Gasteiger partial charge is 0.407 e. The minimum absolute atomic E-state index is 0.171. The van der Waals surface area contributed by atoms with Gasteiger partial charge in [0, 0.05) is 38.9 Å². The van der Waals surface area contributed by atoms with Gasteiger partial charge in [-0.3, -0.25) is 5.01 Å². The summed E-state index contributed by atoms with van der Waals surface area (Å²) in [4.78, 5) is 11.9. The van der Waals surface area contributed by atoms with E-state index in [1.165, 1.54) is 5.70 Å². The lowest BCUT2D eigenvalue weighted by atomic mass is 10.1. The highest BCUT2D eigenvalue weighted by Crippen LogP contribution is 2.17. The number of carbonyl (C=O) groups is 1. The average Bonchev–Trinajstić information content (AvgIpc) is 2.50. The summed E-state index contributed by atoms with van der Waals surface area (Å²) in [5, 5.41) is 9.55. The van der Waals surface area contributed by atoms with Gasteiger partial charge in [0.15, 0.2) is 0 Å². The second kappa shape index (κ2) is 9.08. The first-order chi connectivity index (χ1) is 11.2. The zero-order valence-electron chi connectivity index (χ0n) is 16.1. The van der Waals surface area contributed by atoms with Gasteiger partial charge in [0.1, 0.15) is 5.60 Å². The standard InChI is InChI=1S/C18H34N4O2/c1-8-10-16(9-2)20(6)21(7)22-13-11-15(12-14-22)19-17(23)24-18(3,4)5/h8,10,15H,1,9,11-14H2,2-7H3,(H,19,23)/b16-10+. The van der Waals surface area contributed by atoms with Gasteiger partial charge in [-0.15, -0.1) is 0 Å². The van der Waals surface area contributed by atoms with Gasteiger partial charge in [0.05, 0.1) is 0 Å². The third-order valence-corrected chi connectivity index (χ3v) is 4.12. The van der Waals surface area contributed by atoms with Gasteiger partial charge in [0.25, 0.3) is 0 Å². The number of nitrogens with one attached hydrogen (secondary N) is 1. The lowest BCUT2D eigenvalue weighted by molar-refractivity contribution is -0.146. The fourth-order valence-electron chi connectivity index (χ4n) is 2.74. The molecule has 6 nitrogen and oxygen atoms in total. The molecule has 0 radical (unpaired) electrons. The molecule has 0 aromatic rings. The molecule has 1 saturated heterocycles. The van der Waals surface area contributed by atoms with E-state index in [9.17, 15) is 4.79 Å². The van der Waals surface area contributed by atoms with Crippen LogP contribution in [0.3, 0.4) is 0 Å². The van der Waals surface area contributed by atoms with Crippen LogP contribution in [0.2, 0.25) is 0 Å². The zero-order chi connectivity index (χ0) is 18.3. The van der Waals surface area contributed by atoms with Crippen molar-refractivity contribution in [1.29, 1.82) is 0 Å². The number of nitrogens with zero attached hydrogens (tertiary/aromatic N) is 3. The van der Waals surface area contributed by atoms with Crippen LogP contribution in [-0.4, -0.2) is 60.1 Å². The highest BCUT2D eigenvalue weighted by atomic mass is 16.6. The van der Waals surface area contributed by atoms with Crippen molar-refractivity contribution in [2.45, 2.75) is 58.6 Å². The maximum Gasteiger partial charge on any atom is 0.407 e. The second-order valence-electron chi connectivity index (χ2n) is 7.13. The molecule has 138 valence electrons. The first-order valence-electron chi connectivity index (χ1n) is 8.71. The van der Waals surface area contributed by atoms with E-state index in [2.05, 4.69) is 48.1 Å². The summed E-state index contributed by atoms with van der Waals surface area (Å²) in [5.41, 5.74) is 0.753. The highest BCUT2D eigenvalue weighted by molar-refractivity contribution is 5.68. The van der Waals surface area contributed by atoms with E-state index >= 15 is 0 Å². The van der Waals surface area contributed by atoms with Crippen molar-refractivity contribution in [1.82, 2.24) is 20.5 Å². The second-order valence-corrected chi connectivity index (χ2v) is 7.13. The molecule has 0 bridgehead atoms. The fourth-order valence-corrected chi connectivity index (χ4v) is 2.74. The Morgan fingerprint density at radius 1 is 1.33 bits per heavy atom. The van der Waals surface area contributed by atoms with E-state index in [0.717, 1.165) is 32.4 Å². The van der Waals surface area contributed by atoms with E-state index in [-0.39, 0.29) is 12.1 Å². The van der Waals surface area contributed by atoms with Crippen molar-refractivity contribution in [3.8, 4) is 0 Å². The quantitative estimate of drug-likeness (QED) is 0.595. The molecular weight excluding hydrogens is 304 g/mol. The molecule has 0 unspecified atom stereocenters. The molecule has 24 heavy (non-hydrogen) atoms. The summed E-state index contributed by atoms with van der Waals surface area (Å²) in [7, 11) is 4.12. The van der Waals surface area contributed by atoms with Crippen LogP contribution in [0.15, 0.2) is 24.4 Å². The molecule has 0 aromatic heterocycles. The summed E-state index contributed by atoms with van der Waals surface area (Å²) in [6.45, 7) is 13.3. The number of hydrogen-bond acceptors (Lipinski definition) is 5. The third-order valence-electron chi connectivity index (χ3n) is 4.12. The highest BCUT2D eigenvalue weighted by Gasteiger charge is 2.26. The average molecular weight is 338 g/mol. The SMILES string of the molecule is C=C/C=C(\CC)N(C)N(C)N1CCC(NC(=O)OC(C)(C)C)CC1. The van der Waals surface area contributed by atoms with E-state index in [0.29, 0.717) is 0 Å². The topological polar surface area (TPSA) is 48.0 Å². The minimum Gasteiger partial charge on any atom is -0.444 e. The fraction of sp³-hybridized carbons (Fsp3) is 0.722. The number of ether oxygens (including phenoxy) is 1. The molecule has 1 aliphatic heterocycles. The summed E-state index contributed by atoms with van der Waals surface area (Å²) in [6, 6.07) is 0.171. The first-order valence-corrected chi connectivity index (χ1v) is 8.71. The van der Waals surface area contributed by atoms with Gasteiger partial charge in [-0.25, -0.2) is 9.80 Å². The van der Waals surface area contributed by atoms with Gasteiger partial charge >= 0.3 is 6.09 Å². The monoisotopic (exact) mass is 338 g/mol. The Bertz CT molecular complexity index is 448. The molecule has 0 aliphatic carbocycles. The van der Waals surface area contributed by atoms with Gasteiger partial charge in [-0.2, -0.15) is 5.12 Å². The number of allylic oxidation sites excluding steroid dienone is 3. The number of carbonyl (C=O) groups excluding carboxylic acids is 1. The Labute approximate surface area is 147 Å². The molecule has 1 rings (SSSR count). The largest absolute Gasteiger partial charge is 0.444 e. The van der Waals surface area contributed by atoms with Crippen molar-refractivity contribution < 1.29 is 9.53 Å². The van der Waals surface area contributed by atoms with E-state index in [4.69, 9.17) is 4.74 Å². The Kier molecular flexibility index (Phi) is 7.76. The third kappa shape index (κ3) is 6.53. The predicted molar refractivity (Wildman–Crippen MR) is 98.1 cm³/mol. The molecule has 1 N–H and O–H groups in total. The van der Waals surface area contributed by atoms with Gasteiger partial charge < -0.3 is 10.1 Å². The van der Waals surface area contributed by atoms with Crippen LogP contribution in [0, 0.1) is 0 Å². The molecule has 1 fully saturated rings. The summed E-state index contributed by atoms with van der Waals surface area (Å²) in [5.74, 6) is 0. The van der Waals surface area contributed by atoms with Crippen LogP contribution in [0.5, 0.6) is 0 Å². The molecular formula is C18H34N4O2. The summed E-state index contributed by atoms with van der Waals surface area (Å²) in [6.07, 6.45) is 6.29. The normalized spacial score (nSPS) is 17.7. The number of amides is 1. The number of rotatable bonds is 6. The van der Waals surface area contributed by atoms with Gasteiger partial charge in [-0.05, 0) is 46.1 Å². The number of hydrazine groups is 2. The Balaban J connectivity index is 2.48. The van der Waals surface area contributed by atoms with Crippen molar-refractivity contribution >= 4 is 6.09 Å². The van der Waals surface area contributed by atoms with Crippen LogP contribution < -0.4 is 5.32 Å². The molecule has 1 amide bonds. The number of piperidine rings is 1. The molecule has 1 aliphatic rings. The predicted octanol–water partition coefficient (Wildman–Crippen LogP) is 3.15.